The fourth-order valence-corrected chi connectivity index (χ4v) is 4.94. The molecule has 1 aromatic carbocycles. The maximum Gasteiger partial charge on any atom is 0.331 e. The second kappa shape index (κ2) is 10.1. The zero-order chi connectivity index (χ0) is 26.3. The van der Waals surface area contributed by atoms with Gasteiger partial charge in [-0.1, -0.05) is 12.1 Å². The predicted molar refractivity (Wildman–Crippen MR) is 120 cm³/mol. The number of aliphatic hydroxyl groups is 6. The van der Waals surface area contributed by atoms with Crippen molar-refractivity contribution in [2.75, 3.05) is 6.61 Å². The number of carbonyl (C=O) groups is 1. The van der Waals surface area contributed by atoms with Gasteiger partial charge in [0.25, 0.3) is 0 Å². The molecule has 198 valence electrons. The molecule has 0 amide bonds. The highest BCUT2D eigenvalue weighted by Gasteiger charge is 2.66. The fraction of sp³-hybridized carbons (Fsp3) is 0.542. The van der Waals surface area contributed by atoms with Crippen LogP contribution in [0.2, 0.25) is 0 Å². The summed E-state index contributed by atoms with van der Waals surface area (Å²) in [6.45, 7) is 0.808. The molecule has 1 saturated heterocycles. The summed E-state index contributed by atoms with van der Waals surface area (Å²) in [6.07, 6.45) is -5.96. The lowest BCUT2D eigenvalue weighted by atomic mass is 9.81. The standard InChI is InChI=1S/C24H30O12/c1-23(36-16(28)7-4-12-2-5-13(26)6-3-12)10-15(27)24(32)8-9-33-22(20(23)24)35-21-19(31)18(30)17(29)14(11-25)34-21/h2-9,14-15,17-22,25-27,29-32H,10-11H2,1H3/b7-4-/t14-,15-,17-,18+,19-,20-,21+,22+,23+,24-/m1/s1. The zero-order valence-corrected chi connectivity index (χ0v) is 19.3. The first-order valence-electron chi connectivity index (χ1n) is 11.4. The first-order chi connectivity index (χ1) is 17.0. The smallest absolute Gasteiger partial charge is 0.331 e. The summed E-state index contributed by atoms with van der Waals surface area (Å²) < 4.78 is 22.2. The molecule has 2 aliphatic heterocycles. The number of phenols is 1. The van der Waals surface area contributed by atoms with E-state index in [4.69, 9.17) is 18.9 Å². The molecule has 1 aromatic rings. The molecule has 12 nitrogen and oxygen atoms in total. The van der Waals surface area contributed by atoms with Crippen molar-refractivity contribution < 1.29 is 59.5 Å². The Bertz CT molecular complexity index is 993. The lowest BCUT2D eigenvalue weighted by molar-refractivity contribution is -0.351. The number of benzene rings is 1. The van der Waals surface area contributed by atoms with Crippen molar-refractivity contribution in [1.29, 1.82) is 0 Å². The van der Waals surface area contributed by atoms with Gasteiger partial charge in [-0.2, -0.15) is 0 Å². The average Bonchev–Trinajstić information content (AvgIpc) is 3.04. The van der Waals surface area contributed by atoms with Gasteiger partial charge in [-0.15, -0.1) is 0 Å². The Balaban J connectivity index is 1.54. The van der Waals surface area contributed by atoms with Crippen molar-refractivity contribution in [3.8, 4) is 5.75 Å². The minimum Gasteiger partial charge on any atom is -0.508 e. The third kappa shape index (κ3) is 4.86. The Morgan fingerprint density at radius 1 is 1.11 bits per heavy atom. The monoisotopic (exact) mass is 510 g/mol. The Morgan fingerprint density at radius 3 is 2.47 bits per heavy atom. The van der Waals surface area contributed by atoms with Gasteiger partial charge in [-0.25, -0.2) is 4.79 Å². The molecule has 0 unspecified atom stereocenters. The molecule has 0 bridgehead atoms. The number of hydrogen-bond acceptors (Lipinski definition) is 12. The van der Waals surface area contributed by atoms with Crippen LogP contribution in [0.15, 0.2) is 42.7 Å². The van der Waals surface area contributed by atoms with E-state index in [-0.39, 0.29) is 12.2 Å². The molecule has 0 radical (unpaired) electrons. The summed E-state index contributed by atoms with van der Waals surface area (Å²) >= 11 is 0. The van der Waals surface area contributed by atoms with Crippen LogP contribution in [0.5, 0.6) is 5.75 Å². The minimum atomic E-state index is -1.94. The van der Waals surface area contributed by atoms with Gasteiger partial charge < -0.3 is 54.7 Å². The van der Waals surface area contributed by atoms with Crippen LogP contribution in [0.4, 0.5) is 0 Å². The normalized spacial score (nSPS) is 42.2. The number of esters is 1. The number of aromatic hydroxyl groups is 1. The van der Waals surface area contributed by atoms with E-state index in [0.29, 0.717) is 5.56 Å². The summed E-state index contributed by atoms with van der Waals surface area (Å²) in [4.78, 5) is 12.7. The van der Waals surface area contributed by atoms with Crippen molar-refractivity contribution in [3.05, 3.63) is 48.2 Å². The quantitative estimate of drug-likeness (QED) is 0.173. The van der Waals surface area contributed by atoms with E-state index >= 15 is 0 Å². The lowest BCUT2D eigenvalue weighted by Gasteiger charge is -2.45. The van der Waals surface area contributed by atoms with E-state index in [1.54, 1.807) is 12.1 Å². The molecule has 0 spiro atoms. The fourth-order valence-electron chi connectivity index (χ4n) is 4.94. The topological polar surface area (TPSA) is 196 Å². The maximum atomic E-state index is 12.7. The van der Waals surface area contributed by atoms with E-state index in [0.717, 1.165) is 12.3 Å². The summed E-state index contributed by atoms with van der Waals surface area (Å²) in [5, 5.41) is 71.1. The van der Waals surface area contributed by atoms with Gasteiger partial charge in [-0.3, -0.25) is 0 Å². The first-order valence-corrected chi connectivity index (χ1v) is 11.4. The molecule has 36 heavy (non-hydrogen) atoms. The SMILES string of the molecule is C[C@]1(OC(=O)/C=C\c2ccc(O)cc2)C[C@@H](O)[C@]2(O)C=CO[C@@H](O[C@@H]3O[C@H](CO)[C@@H](O)[C@H](O)[C@H]3O)[C@@H]21. The van der Waals surface area contributed by atoms with Gasteiger partial charge in [0, 0.05) is 12.5 Å². The van der Waals surface area contributed by atoms with E-state index < -0.39 is 72.8 Å². The van der Waals surface area contributed by atoms with E-state index in [1.807, 2.05) is 0 Å². The number of ether oxygens (including phenoxy) is 4. The third-order valence-electron chi connectivity index (χ3n) is 6.86. The maximum absolute atomic E-state index is 12.7. The van der Waals surface area contributed by atoms with Crippen LogP contribution in [-0.2, 0) is 23.7 Å². The Morgan fingerprint density at radius 2 is 1.81 bits per heavy atom. The molecule has 12 heteroatoms. The van der Waals surface area contributed by atoms with E-state index in [2.05, 4.69) is 0 Å². The number of rotatable bonds is 6. The summed E-state index contributed by atoms with van der Waals surface area (Å²) in [5.41, 5.74) is -2.84. The van der Waals surface area contributed by atoms with Crippen molar-refractivity contribution in [1.82, 2.24) is 0 Å². The van der Waals surface area contributed by atoms with Crippen molar-refractivity contribution in [2.45, 2.75) is 67.6 Å². The second-order valence-electron chi connectivity index (χ2n) is 9.38. The highest BCUT2D eigenvalue weighted by atomic mass is 16.8. The number of fused-ring (bicyclic) bond motifs is 1. The van der Waals surface area contributed by atoms with Crippen LogP contribution in [0.3, 0.4) is 0 Å². The molecule has 1 saturated carbocycles. The Kier molecular flexibility index (Phi) is 7.42. The third-order valence-corrected chi connectivity index (χ3v) is 6.86. The summed E-state index contributed by atoms with van der Waals surface area (Å²) in [5.74, 6) is -1.93. The molecule has 1 aliphatic carbocycles. The van der Waals surface area contributed by atoms with Gasteiger partial charge in [0.2, 0.25) is 6.29 Å². The lowest BCUT2D eigenvalue weighted by Crippen LogP contribution is -2.62. The minimum absolute atomic E-state index is 0.0669. The van der Waals surface area contributed by atoms with Gasteiger partial charge in [0.15, 0.2) is 6.29 Å². The average molecular weight is 510 g/mol. The van der Waals surface area contributed by atoms with Crippen LogP contribution in [0.1, 0.15) is 18.9 Å². The van der Waals surface area contributed by atoms with Gasteiger partial charge in [0.1, 0.15) is 41.4 Å². The number of hydrogen-bond donors (Lipinski definition) is 7. The molecule has 7 N–H and O–H groups in total. The molecule has 2 fully saturated rings. The number of carbonyl (C=O) groups excluding carboxylic acids is 1. The van der Waals surface area contributed by atoms with Crippen molar-refractivity contribution >= 4 is 12.0 Å². The van der Waals surface area contributed by atoms with Gasteiger partial charge >= 0.3 is 5.97 Å². The zero-order valence-electron chi connectivity index (χ0n) is 19.3. The molecule has 3 aliphatic rings. The molecular weight excluding hydrogens is 480 g/mol. The largest absolute Gasteiger partial charge is 0.508 e. The molecule has 4 rings (SSSR count). The Labute approximate surface area is 206 Å². The molecule has 10 atom stereocenters. The predicted octanol–water partition coefficient (Wildman–Crippen LogP) is -1.49. The van der Waals surface area contributed by atoms with E-state index in [9.17, 15) is 40.5 Å². The van der Waals surface area contributed by atoms with Gasteiger partial charge in [-0.05, 0) is 36.8 Å². The summed E-state index contributed by atoms with van der Waals surface area (Å²) in [6, 6.07) is 6.07. The van der Waals surface area contributed by atoms with Crippen molar-refractivity contribution in [2.24, 2.45) is 5.92 Å². The molecular formula is C24H30O12. The van der Waals surface area contributed by atoms with Crippen LogP contribution in [0.25, 0.3) is 6.08 Å². The van der Waals surface area contributed by atoms with Gasteiger partial charge in [0.05, 0.1) is 24.9 Å². The highest BCUT2D eigenvalue weighted by molar-refractivity contribution is 5.87. The van der Waals surface area contributed by atoms with Crippen LogP contribution in [0, 0.1) is 5.92 Å². The van der Waals surface area contributed by atoms with Crippen LogP contribution >= 0.6 is 0 Å². The van der Waals surface area contributed by atoms with Crippen LogP contribution < -0.4 is 0 Å². The van der Waals surface area contributed by atoms with Crippen molar-refractivity contribution in [3.63, 3.8) is 0 Å². The first kappa shape index (κ1) is 26.5. The molecule has 2 heterocycles. The van der Waals surface area contributed by atoms with Crippen LogP contribution in [-0.4, -0.2) is 103 Å². The highest BCUT2D eigenvalue weighted by Crippen LogP contribution is 2.51. The second-order valence-corrected chi connectivity index (χ2v) is 9.38. The van der Waals surface area contributed by atoms with E-state index in [1.165, 1.54) is 31.2 Å². The number of aliphatic hydroxyl groups excluding tert-OH is 5. The number of phenolic OH excluding ortho intramolecular Hbond substituents is 1. The summed E-state index contributed by atoms with van der Waals surface area (Å²) in [7, 11) is 0. The Hall–Kier alpha value is -2.55. The molecule has 0 aromatic heterocycles.